The van der Waals surface area contributed by atoms with Gasteiger partial charge in [-0.2, -0.15) is 0 Å². The molecule has 1 aromatic rings. The molecule has 0 bridgehead atoms. The van der Waals surface area contributed by atoms with E-state index in [-0.39, 0.29) is 5.56 Å². The molecule has 0 unspecified atom stereocenters. The summed E-state index contributed by atoms with van der Waals surface area (Å²) in [6.45, 7) is 7.67. The Labute approximate surface area is 107 Å². The second-order valence-corrected chi connectivity index (χ2v) is 3.90. The Balaban J connectivity index is 2.71. The summed E-state index contributed by atoms with van der Waals surface area (Å²) in [7, 11) is 1.66. The lowest BCUT2D eigenvalue weighted by molar-refractivity contribution is 0.199. The Morgan fingerprint density at radius 2 is 2.17 bits per heavy atom. The Hall–Kier alpha value is -1.40. The summed E-state index contributed by atoms with van der Waals surface area (Å²) < 4.78 is 4.94. The van der Waals surface area contributed by atoms with Gasteiger partial charge in [-0.1, -0.05) is 0 Å². The Morgan fingerprint density at radius 1 is 1.44 bits per heavy atom. The number of nitrogens with zero attached hydrogens (tertiary/aromatic N) is 2. The maximum absolute atomic E-state index is 11.6. The van der Waals surface area contributed by atoms with Gasteiger partial charge in [0.1, 0.15) is 0 Å². The van der Waals surface area contributed by atoms with Gasteiger partial charge in [0.05, 0.1) is 12.3 Å². The maximum Gasteiger partial charge on any atom is 0.252 e. The third-order valence-corrected chi connectivity index (χ3v) is 2.63. The fourth-order valence-electron chi connectivity index (χ4n) is 1.65. The van der Waals surface area contributed by atoms with Gasteiger partial charge >= 0.3 is 0 Å². The second-order valence-electron chi connectivity index (χ2n) is 3.90. The molecule has 0 aliphatic rings. The zero-order chi connectivity index (χ0) is 13.4. The number of rotatable bonds is 8. The van der Waals surface area contributed by atoms with Crippen molar-refractivity contribution in [2.45, 2.75) is 20.4 Å². The molecule has 0 spiro atoms. The lowest BCUT2D eigenvalue weighted by Crippen LogP contribution is -2.28. The molecule has 0 radical (unpaired) electrons. The first-order chi connectivity index (χ1) is 8.71. The summed E-state index contributed by atoms with van der Waals surface area (Å²) in [5.41, 5.74) is 0.632. The smallest absolute Gasteiger partial charge is 0.252 e. The Morgan fingerprint density at radius 3 is 2.78 bits per heavy atom. The van der Waals surface area contributed by atoms with Crippen LogP contribution in [0.2, 0.25) is 0 Å². The van der Waals surface area contributed by atoms with E-state index in [9.17, 15) is 4.79 Å². The number of aromatic nitrogens is 2. The van der Waals surface area contributed by atoms with Gasteiger partial charge < -0.3 is 15.0 Å². The minimum absolute atomic E-state index is 0.115. The van der Waals surface area contributed by atoms with Crippen LogP contribution < -0.4 is 15.8 Å². The first kappa shape index (κ1) is 14.7. The predicted octanol–water partition coefficient (Wildman–Crippen LogP) is 0.352. The Bertz CT molecular complexity index is 401. The molecule has 6 nitrogen and oxygen atoms in total. The molecular weight excluding hydrogens is 232 g/mol. The van der Waals surface area contributed by atoms with Crippen LogP contribution in [-0.4, -0.2) is 43.3 Å². The van der Waals surface area contributed by atoms with Gasteiger partial charge in [0.15, 0.2) is 0 Å². The molecule has 1 heterocycles. The van der Waals surface area contributed by atoms with E-state index in [0.717, 1.165) is 25.3 Å². The molecule has 0 atom stereocenters. The Kier molecular flexibility index (Phi) is 6.38. The van der Waals surface area contributed by atoms with Gasteiger partial charge in [-0.05, 0) is 13.8 Å². The quantitative estimate of drug-likeness (QED) is 0.655. The van der Waals surface area contributed by atoms with E-state index in [1.807, 2.05) is 18.7 Å². The molecule has 0 saturated carbocycles. The molecule has 102 valence electrons. The maximum atomic E-state index is 11.6. The highest BCUT2D eigenvalue weighted by Gasteiger charge is 2.06. The van der Waals surface area contributed by atoms with Crippen molar-refractivity contribution in [3.8, 4) is 0 Å². The number of ether oxygens (including phenoxy) is 1. The molecule has 18 heavy (non-hydrogen) atoms. The van der Waals surface area contributed by atoms with Crippen LogP contribution in [0.25, 0.3) is 0 Å². The van der Waals surface area contributed by atoms with Crippen LogP contribution in [0.5, 0.6) is 0 Å². The molecule has 1 aromatic heterocycles. The zero-order valence-electron chi connectivity index (χ0n) is 11.3. The highest BCUT2D eigenvalue weighted by atomic mass is 16.5. The molecule has 0 saturated heterocycles. The van der Waals surface area contributed by atoms with Crippen LogP contribution >= 0.6 is 0 Å². The number of hydrogen-bond donors (Lipinski definition) is 2. The number of methoxy groups -OCH3 is 1. The third kappa shape index (κ3) is 4.46. The summed E-state index contributed by atoms with van der Waals surface area (Å²) >= 11 is 0. The van der Waals surface area contributed by atoms with Crippen molar-refractivity contribution in [2.75, 3.05) is 38.3 Å². The number of H-pyrrole nitrogens is 1. The standard InChI is InChI=1S/C12H22N4O2/c1-4-16(5-2)12-14-10(8-11(17)15-12)9-13-6-7-18-3/h8,13H,4-7,9H2,1-3H3,(H,14,15,17). The van der Waals surface area contributed by atoms with E-state index in [1.165, 1.54) is 6.07 Å². The van der Waals surface area contributed by atoms with Crippen LogP contribution in [0.15, 0.2) is 10.9 Å². The number of aromatic amines is 1. The third-order valence-electron chi connectivity index (χ3n) is 2.63. The van der Waals surface area contributed by atoms with Crippen molar-refractivity contribution in [1.82, 2.24) is 15.3 Å². The van der Waals surface area contributed by atoms with Crippen LogP contribution in [0, 0.1) is 0 Å². The van der Waals surface area contributed by atoms with Gasteiger partial charge in [0.2, 0.25) is 5.95 Å². The average molecular weight is 254 g/mol. The molecule has 0 amide bonds. The minimum atomic E-state index is -0.115. The predicted molar refractivity (Wildman–Crippen MR) is 72.0 cm³/mol. The molecule has 1 rings (SSSR count). The first-order valence-corrected chi connectivity index (χ1v) is 6.26. The van der Waals surface area contributed by atoms with Crippen LogP contribution in [0.4, 0.5) is 5.95 Å². The normalized spacial score (nSPS) is 10.6. The van der Waals surface area contributed by atoms with Crippen molar-refractivity contribution in [1.29, 1.82) is 0 Å². The molecular formula is C12H22N4O2. The minimum Gasteiger partial charge on any atom is -0.383 e. The van der Waals surface area contributed by atoms with Crippen molar-refractivity contribution < 1.29 is 4.74 Å². The van der Waals surface area contributed by atoms with E-state index in [1.54, 1.807) is 7.11 Å². The molecule has 0 aliphatic heterocycles. The van der Waals surface area contributed by atoms with Gasteiger partial charge in [-0.25, -0.2) is 4.98 Å². The van der Waals surface area contributed by atoms with Crippen molar-refractivity contribution in [3.63, 3.8) is 0 Å². The lowest BCUT2D eigenvalue weighted by Gasteiger charge is -2.19. The van der Waals surface area contributed by atoms with E-state index in [2.05, 4.69) is 15.3 Å². The van der Waals surface area contributed by atoms with Crippen molar-refractivity contribution in [3.05, 3.63) is 22.1 Å². The summed E-state index contributed by atoms with van der Waals surface area (Å²) in [5, 5.41) is 3.17. The van der Waals surface area contributed by atoms with Crippen molar-refractivity contribution >= 4 is 5.95 Å². The average Bonchev–Trinajstić information content (AvgIpc) is 2.36. The topological polar surface area (TPSA) is 70.2 Å². The molecule has 6 heteroatoms. The van der Waals surface area contributed by atoms with Crippen LogP contribution in [-0.2, 0) is 11.3 Å². The molecule has 0 aromatic carbocycles. The summed E-state index contributed by atoms with van der Waals surface area (Å²) in [4.78, 5) is 20.8. The van der Waals surface area contributed by atoms with E-state index < -0.39 is 0 Å². The zero-order valence-corrected chi connectivity index (χ0v) is 11.3. The SMILES string of the molecule is CCN(CC)c1nc(CNCCOC)cc(=O)[nH]1. The summed E-state index contributed by atoms with van der Waals surface area (Å²) in [5.74, 6) is 0.635. The van der Waals surface area contributed by atoms with Gasteiger partial charge in [0, 0.05) is 39.4 Å². The molecule has 2 N–H and O–H groups in total. The van der Waals surface area contributed by atoms with E-state index >= 15 is 0 Å². The van der Waals surface area contributed by atoms with E-state index in [0.29, 0.717) is 19.1 Å². The van der Waals surface area contributed by atoms with Gasteiger partial charge in [-0.15, -0.1) is 0 Å². The molecule has 0 aliphatic carbocycles. The fourth-order valence-corrected chi connectivity index (χ4v) is 1.65. The summed E-state index contributed by atoms with van der Waals surface area (Å²) in [6.07, 6.45) is 0. The highest BCUT2D eigenvalue weighted by molar-refractivity contribution is 5.29. The number of nitrogens with one attached hydrogen (secondary N) is 2. The fraction of sp³-hybridized carbons (Fsp3) is 0.667. The summed E-state index contributed by atoms with van der Waals surface area (Å²) in [6, 6.07) is 1.52. The number of anilines is 1. The second kappa shape index (κ2) is 7.84. The van der Waals surface area contributed by atoms with Crippen LogP contribution in [0.1, 0.15) is 19.5 Å². The van der Waals surface area contributed by atoms with Gasteiger partial charge in [-0.3, -0.25) is 9.78 Å². The van der Waals surface area contributed by atoms with Gasteiger partial charge in [0.25, 0.3) is 5.56 Å². The highest BCUT2D eigenvalue weighted by Crippen LogP contribution is 2.04. The lowest BCUT2D eigenvalue weighted by atomic mass is 10.4. The molecule has 0 fully saturated rings. The van der Waals surface area contributed by atoms with Crippen molar-refractivity contribution in [2.24, 2.45) is 0 Å². The van der Waals surface area contributed by atoms with E-state index in [4.69, 9.17) is 4.74 Å². The first-order valence-electron chi connectivity index (χ1n) is 6.26. The largest absolute Gasteiger partial charge is 0.383 e. The number of hydrogen-bond acceptors (Lipinski definition) is 5. The monoisotopic (exact) mass is 254 g/mol. The van der Waals surface area contributed by atoms with Crippen LogP contribution in [0.3, 0.4) is 0 Å².